The van der Waals surface area contributed by atoms with Gasteiger partial charge in [-0.1, -0.05) is 12.1 Å². The van der Waals surface area contributed by atoms with Gasteiger partial charge in [0.2, 0.25) is 10.0 Å². The van der Waals surface area contributed by atoms with E-state index in [1.807, 2.05) is 24.3 Å². The second-order valence-electron chi connectivity index (χ2n) is 5.54. The molecule has 0 amide bonds. The Labute approximate surface area is 126 Å². The first-order valence-corrected chi connectivity index (χ1v) is 8.57. The number of nitrogens with zero attached hydrogens (tertiary/aromatic N) is 1. The highest BCUT2D eigenvalue weighted by Gasteiger charge is 2.37. The molecule has 0 bridgehead atoms. The number of ether oxygens (including phenoxy) is 2. The van der Waals surface area contributed by atoms with Gasteiger partial charge in [-0.3, -0.25) is 0 Å². The minimum Gasteiger partial charge on any atom is -0.497 e. The molecule has 2 rings (SSSR count). The van der Waals surface area contributed by atoms with Crippen molar-refractivity contribution in [2.45, 2.75) is 18.1 Å². The van der Waals surface area contributed by atoms with Gasteiger partial charge >= 0.3 is 0 Å². The van der Waals surface area contributed by atoms with Gasteiger partial charge in [-0.15, -0.1) is 0 Å². The molecule has 0 spiro atoms. The maximum absolute atomic E-state index is 12.4. The van der Waals surface area contributed by atoms with Crippen LogP contribution in [0.5, 0.6) is 5.75 Å². The third-order valence-electron chi connectivity index (χ3n) is 3.95. The van der Waals surface area contributed by atoms with E-state index in [9.17, 15) is 8.42 Å². The summed E-state index contributed by atoms with van der Waals surface area (Å²) in [7, 11) is 1.56. The minimum atomic E-state index is -3.25. The fourth-order valence-electron chi connectivity index (χ4n) is 2.69. The third-order valence-corrected chi connectivity index (χ3v) is 6.36. The van der Waals surface area contributed by atoms with Gasteiger partial charge in [0, 0.05) is 26.6 Å². The Bertz CT molecular complexity index is 554. The van der Waals surface area contributed by atoms with Crippen molar-refractivity contribution < 1.29 is 17.9 Å². The van der Waals surface area contributed by atoms with Crippen molar-refractivity contribution in [3.63, 3.8) is 0 Å². The largest absolute Gasteiger partial charge is 0.497 e. The molecule has 0 unspecified atom stereocenters. The second-order valence-corrected chi connectivity index (χ2v) is 7.91. The zero-order valence-corrected chi connectivity index (χ0v) is 13.6. The molecule has 1 aliphatic rings. The van der Waals surface area contributed by atoms with E-state index in [1.165, 1.54) is 4.31 Å². The van der Waals surface area contributed by atoms with Crippen LogP contribution in [0.25, 0.3) is 0 Å². The normalized spacial score (nSPS) is 23.2. The summed E-state index contributed by atoms with van der Waals surface area (Å²) in [6, 6.07) is 7.75. The van der Waals surface area contributed by atoms with E-state index in [4.69, 9.17) is 9.47 Å². The topological polar surface area (TPSA) is 55.8 Å². The van der Waals surface area contributed by atoms with Crippen LogP contribution in [0.3, 0.4) is 0 Å². The van der Waals surface area contributed by atoms with E-state index >= 15 is 0 Å². The molecule has 1 saturated heterocycles. The van der Waals surface area contributed by atoms with Crippen molar-refractivity contribution >= 4 is 10.0 Å². The molecule has 0 N–H and O–H groups in total. The van der Waals surface area contributed by atoms with E-state index < -0.39 is 10.0 Å². The van der Waals surface area contributed by atoms with Crippen molar-refractivity contribution in [1.82, 2.24) is 4.31 Å². The molecule has 1 aliphatic heterocycles. The number of methoxy groups -OCH3 is 1. The van der Waals surface area contributed by atoms with Crippen molar-refractivity contribution in [1.29, 1.82) is 0 Å². The quantitative estimate of drug-likeness (QED) is 0.827. The zero-order chi connectivity index (χ0) is 15.5. The summed E-state index contributed by atoms with van der Waals surface area (Å²) < 4.78 is 36.8. The van der Waals surface area contributed by atoms with E-state index in [0.717, 1.165) is 11.3 Å². The van der Waals surface area contributed by atoms with Crippen LogP contribution < -0.4 is 4.74 Å². The summed E-state index contributed by atoms with van der Waals surface area (Å²) >= 11 is 0. The molecule has 0 aromatic heterocycles. The van der Waals surface area contributed by atoms with Gasteiger partial charge in [-0.05, 0) is 30.5 Å². The molecule has 118 valence electrons. The maximum atomic E-state index is 12.4. The van der Waals surface area contributed by atoms with E-state index in [1.54, 1.807) is 21.2 Å². The lowest BCUT2D eigenvalue weighted by molar-refractivity contribution is 0.0563. The van der Waals surface area contributed by atoms with Crippen LogP contribution in [0.2, 0.25) is 0 Å². The van der Waals surface area contributed by atoms with Crippen molar-refractivity contribution in [3.8, 4) is 5.75 Å². The van der Waals surface area contributed by atoms with Gasteiger partial charge in [-0.2, -0.15) is 0 Å². The number of benzene rings is 1. The van der Waals surface area contributed by atoms with Crippen molar-refractivity contribution in [2.24, 2.45) is 5.92 Å². The molecule has 6 heteroatoms. The molecule has 2 atom stereocenters. The lowest BCUT2D eigenvalue weighted by Gasteiger charge is -2.33. The number of sulfonamides is 1. The van der Waals surface area contributed by atoms with Crippen LogP contribution in [0.4, 0.5) is 0 Å². The highest BCUT2D eigenvalue weighted by molar-refractivity contribution is 7.89. The van der Waals surface area contributed by atoms with Crippen LogP contribution >= 0.6 is 0 Å². The fraction of sp³-hybridized carbons (Fsp3) is 0.600. The Balaban J connectivity index is 2.15. The molecule has 1 aromatic rings. The molecule has 0 radical (unpaired) electrons. The summed E-state index contributed by atoms with van der Waals surface area (Å²) in [4.78, 5) is 0. The molecule has 1 aromatic carbocycles. The first-order valence-electron chi connectivity index (χ1n) is 7.07. The number of hydrogen-bond donors (Lipinski definition) is 0. The lowest BCUT2D eigenvalue weighted by atomic mass is 9.93. The molecule has 1 heterocycles. The Morgan fingerprint density at radius 3 is 2.52 bits per heavy atom. The smallest absolute Gasteiger partial charge is 0.216 e. The molecule has 5 nitrogen and oxygen atoms in total. The Hall–Kier alpha value is -1.11. The van der Waals surface area contributed by atoms with Crippen molar-refractivity contribution in [3.05, 3.63) is 29.8 Å². The first kappa shape index (κ1) is 16.3. The molecule has 21 heavy (non-hydrogen) atoms. The maximum Gasteiger partial charge on any atom is 0.216 e. The van der Waals surface area contributed by atoms with Gasteiger partial charge in [-0.25, -0.2) is 12.7 Å². The van der Waals surface area contributed by atoms with Gasteiger partial charge in [0.15, 0.2) is 0 Å². The fourth-order valence-corrected chi connectivity index (χ4v) is 4.29. The summed E-state index contributed by atoms with van der Waals surface area (Å²) in [6.45, 7) is 1.00. The van der Waals surface area contributed by atoms with Crippen LogP contribution in [0.15, 0.2) is 24.3 Å². The highest BCUT2D eigenvalue weighted by Crippen LogP contribution is 2.27. The molecule has 1 fully saturated rings. The van der Waals surface area contributed by atoms with Gasteiger partial charge < -0.3 is 9.47 Å². The predicted octanol–water partition coefficient (Wildman–Crippen LogP) is 1.53. The molecular formula is C15H23NO4S. The van der Waals surface area contributed by atoms with Crippen LogP contribution in [0, 0.1) is 5.92 Å². The second kappa shape index (κ2) is 6.77. The van der Waals surface area contributed by atoms with E-state index in [0.29, 0.717) is 26.1 Å². The van der Waals surface area contributed by atoms with Crippen molar-refractivity contribution in [2.75, 3.05) is 34.4 Å². The van der Waals surface area contributed by atoms with Crippen LogP contribution in [-0.2, 0) is 21.2 Å². The SMILES string of the molecule is COc1ccc(C[C@@H]2COCC[C@@H]2S(=O)(=O)N(C)C)cc1. The lowest BCUT2D eigenvalue weighted by Crippen LogP contribution is -2.44. The summed E-state index contributed by atoms with van der Waals surface area (Å²) in [5, 5.41) is -0.372. The standard InChI is InChI=1S/C15H23NO4S/c1-16(2)21(17,18)15-8-9-20-11-13(15)10-12-4-6-14(19-3)7-5-12/h4-7,13,15H,8-11H2,1-3H3/t13-,15+/m1/s1. The summed E-state index contributed by atoms with van der Waals surface area (Å²) in [5.41, 5.74) is 1.10. The monoisotopic (exact) mass is 313 g/mol. The van der Waals surface area contributed by atoms with E-state index in [2.05, 4.69) is 0 Å². The number of hydrogen-bond acceptors (Lipinski definition) is 4. The molecule has 0 aliphatic carbocycles. The third kappa shape index (κ3) is 3.75. The molecular weight excluding hydrogens is 290 g/mol. The molecule has 0 saturated carbocycles. The predicted molar refractivity (Wildman–Crippen MR) is 82.0 cm³/mol. The first-order chi connectivity index (χ1) is 9.95. The van der Waals surface area contributed by atoms with Gasteiger partial charge in [0.05, 0.1) is 19.0 Å². The Morgan fingerprint density at radius 2 is 1.95 bits per heavy atom. The van der Waals surface area contributed by atoms with Crippen LogP contribution in [-0.4, -0.2) is 52.4 Å². The summed E-state index contributed by atoms with van der Waals surface area (Å²) in [6.07, 6.45) is 1.25. The Kier molecular flexibility index (Phi) is 5.24. The average Bonchev–Trinajstić information content (AvgIpc) is 2.48. The van der Waals surface area contributed by atoms with Gasteiger partial charge in [0.1, 0.15) is 5.75 Å². The van der Waals surface area contributed by atoms with Crippen LogP contribution in [0.1, 0.15) is 12.0 Å². The Morgan fingerprint density at radius 1 is 1.29 bits per heavy atom. The summed E-state index contributed by atoms with van der Waals surface area (Å²) in [5.74, 6) is 0.788. The zero-order valence-electron chi connectivity index (χ0n) is 12.8. The highest BCUT2D eigenvalue weighted by atomic mass is 32.2. The minimum absolute atomic E-state index is 0.0143. The van der Waals surface area contributed by atoms with Gasteiger partial charge in [0.25, 0.3) is 0 Å². The van der Waals surface area contributed by atoms with E-state index in [-0.39, 0.29) is 11.2 Å². The average molecular weight is 313 g/mol. The number of rotatable bonds is 5.